The fourth-order valence-corrected chi connectivity index (χ4v) is 1.79. The van der Waals surface area contributed by atoms with Crippen LogP contribution in [0.5, 0.6) is 0 Å². The lowest BCUT2D eigenvalue weighted by molar-refractivity contribution is 0.763. The van der Waals surface area contributed by atoms with Crippen molar-refractivity contribution in [3.05, 3.63) is 27.8 Å². The van der Waals surface area contributed by atoms with Gasteiger partial charge in [0.2, 0.25) is 0 Å². The molecule has 4 nitrogen and oxygen atoms in total. The summed E-state index contributed by atoms with van der Waals surface area (Å²) < 4.78 is 2.71. The number of nitrogens with zero attached hydrogens (tertiary/aromatic N) is 4. The predicted octanol–water partition coefficient (Wildman–Crippen LogP) is 3.08. The van der Waals surface area contributed by atoms with Gasteiger partial charge in [-0.3, -0.25) is 0 Å². The molecule has 2 rings (SSSR count). The highest BCUT2D eigenvalue weighted by atomic mass is 79.9. The highest BCUT2D eigenvalue weighted by Crippen LogP contribution is 2.26. The molecule has 84 valence electrons. The maximum Gasteiger partial charge on any atom is 0.179 e. The van der Waals surface area contributed by atoms with E-state index in [0.29, 0.717) is 11.0 Å². The lowest BCUT2D eigenvalue weighted by Gasteiger charge is -2.06. The largest absolute Gasteiger partial charge is 0.328 e. The molecule has 2 aromatic heterocycles. The van der Waals surface area contributed by atoms with E-state index in [-0.39, 0.29) is 0 Å². The molecule has 2 aromatic rings. The van der Waals surface area contributed by atoms with Crippen molar-refractivity contribution in [1.29, 1.82) is 0 Å². The van der Waals surface area contributed by atoms with Gasteiger partial charge < -0.3 is 4.57 Å². The predicted molar refractivity (Wildman–Crippen MR) is 66.4 cm³/mol. The average molecular weight is 302 g/mol. The third-order valence-corrected chi connectivity index (χ3v) is 3.71. The van der Waals surface area contributed by atoms with Crippen LogP contribution >= 0.6 is 27.5 Å². The van der Waals surface area contributed by atoms with Crippen LogP contribution in [0.1, 0.15) is 12.6 Å². The molecule has 0 fully saturated rings. The molecular weight excluding hydrogens is 291 g/mol. The normalized spacial score (nSPS) is 10.8. The minimum atomic E-state index is 0.423. The lowest BCUT2D eigenvalue weighted by Crippen LogP contribution is -2.00. The van der Waals surface area contributed by atoms with E-state index in [1.54, 1.807) is 12.5 Å². The van der Waals surface area contributed by atoms with E-state index in [1.165, 1.54) is 0 Å². The molecule has 0 aliphatic heterocycles. The zero-order chi connectivity index (χ0) is 11.7. The summed E-state index contributed by atoms with van der Waals surface area (Å²) in [5.74, 6) is 0.602. The number of imidazole rings is 1. The molecular formula is C10H10BrClN4. The summed E-state index contributed by atoms with van der Waals surface area (Å²) in [4.78, 5) is 12.7. The minimum Gasteiger partial charge on any atom is -0.328 e. The second-order valence-corrected chi connectivity index (χ2v) is 4.45. The van der Waals surface area contributed by atoms with E-state index in [9.17, 15) is 0 Å². The molecule has 16 heavy (non-hydrogen) atoms. The monoisotopic (exact) mass is 300 g/mol. The highest BCUT2D eigenvalue weighted by Gasteiger charge is 2.12. The van der Waals surface area contributed by atoms with Crippen molar-refractivity contribution in [2.45, 2.75) is 20.4 Å². The van der Waals surface area contributed by atoms with Crippen molar-refractivity contribution in [3.8, 4) is 11.5 Å². The number of rotatable bonds is 2. The molecule has 0 bridgehead atoms. The average Bonchev–Trinajstić information content (AvgIpc) is 2.73. The molecule has 6 heteroatoms. The molecule has 0 unspecified atom stereocenters. The first-order chi connectivity index (χ1) is 7.63. The van der Waals surface area contributed by atoms with Gasteiger partial charge in [-0.15, -0.1) is 0 Å². The first-order valence-corrected chi connectivity index (χ1v) is 6.00. The molecule has 0 saturated carbocycles. The van der Waals surface area contributed by atoms with Gasteiger partial charge in [-0.1, -0.05) is 11.6 Å². The van der Waals surface area contributed by atoms with Crippen LogP contribution in [0, 0.1) is 6.92 Å². The topological polar surface area (TPSA) is 43.6 Å². The van der Waals surface area contributed by atoms with Gasteiger partial charge in [-0.2, -0.15) is 0 Å². The molecule has 0 saturated heterocycles. The van der Waals surface area contributed by atoms with E-state index in [4.69, 9.17) is 11.6 Å². The maximum absolute atomic E-state index is 6.00. The van der Waals surface area contributed by atoms with E-state index in [2.05, 4.69) is 30.9 Å². The lowest BCUT2D eigenvalue weighted by atomic mass is 10.4. The van der Waals surface area contributed by atoms with Gasteiger partial charge in [0.15, 0.2) is 5.82 Å². The Kier molecular flexibility index (Phi) is 3.25. The third-order valence-electron chi connectivity index (χ3n) is 2.26. The first-order valence-electron chi connectivity index (χ1n) is 4.83. The maximum atomic E-state index is 6.00. The van der Waals surface area contributed by atoms with Crippen molar-refractivity contribution in [2.24, 2.45) is 0 Å². The number of hydrogen-bond acceptors (Lipinski definition) is 3. The summed E-state index contributed by atoms with van der Waals surface area (Å²) in [6.45, 7) is 4.75. The first kappa shape index (κ1) is 11.5. The zero-order valence-electron chi connectivity index (χ0n) is 8.91. The molecule has 0 aromatic carbocycles. The van der Waals surface area contributed by atoms with Gasteiger partial charge in [0.05, 0.1) is 22.7 Å². The van der Waals surface area contributed by atoms with Crippen molar-refractivity contribution in [1.82, 2.24) is 19.5 Å². The summed E-state index contributed by atoms with van der Waals surface area (Å²) in [7, 11) is 0. The van der Waals surface area contributed by atoms with Crippen molar-refractivity contribution >= 4 is 27.5 Å². The molecule has 2 heterocycles. The Bertz CT molecular complexity index is 500. The quantitative estimate of drug-likeness (QED) is 0.801. The number of aryl methyl sites for hydroxylation is 2. The Morgan fingerprint density at radius 1 is 1.44 bits per heavy atom. The Morgan fingerprint density at radius 3 is 2.81 bits per heavy atom. The van der Waals surface area contributed by atoms with Crippen molar-refractivity contribution < 1.29 is 0 Å². The van der Waals surface area contributed by atoms with Gasteiger partial charge >= 0.3 is 0 Å². The Balaban J connectivity index is 2.57. The summed E-state index contributed by atoms with van der Waals surface area (Å²) >= 11 is 9.34. The molecule has 0 spiro atoms. The Morgan fingerprint density at radius 2 is 2.19 bits per heavy atom. The van der Waals surface area contributed by atoms with E-state index < -0.39 is 0 Å². The van der Waals surface area contributed by atoms with Crippen LogP contribution in [0.25, 0.3) is 11.5 Å². The van der Waals surface area contributed by atoms with E-state index in [0.717, 1.165) is 22.4 Å². The van der Waals surface area contributed by atoms with Gasteiger partial charge in [-0.05, 0) is 29.8 Å². The summed E-state index contributed by atoms with van der Waals surface area (Å²) in [6, 6.07) is 0. The van der Waals surface area contributed by atoms with Crippen LogP contribution in [-0.4, -0.2) is 19.5 Å². The number of aromatic nitrogens is 4. The standard InChI is InChI=1S/C10H10BrClN4/c1-3-16-5-13-4-7(16)10-14-6(2)8(11)9(12)15-10/h4-5H,3H2,1-2H3. The summed E-state index contributed by atoms with van der Waals surface area (Å²) in [5, 5.41) is 0.423. The highest BCUT2D eigenvalue weighted by molar-refractivity contribution is 9.10. The van der Waals surface area contributed by atoms with Crippen LogP contribution in [-0.2, 0) is 6.54 Å². The van der Waals surface area contributed by atoms with Gasteiger partial charge in [0.1, 0.15) is 10.8 Å². The fraction of sp³-hybridized carbons (Fsp3) is 0.300. The van der Waals surface area contributed by atoms with E-state index in [1.807, 2.05) is 18.4 Å². The van der Waals surface area contributed by atoms with Crippen LogP contribution in [0.2, 0.25) is 5.15 Å². The molecule has 0 N–H and O–H groups in total. The van der Waals surface area contributed by atoms with Crippen LogP contribution in [0.4, 0.5) is 0 Å². The van der Waals surface area contributed by atoms with E-state index >= 15 is 0 Å². The Labute approximate surface area is 107 Å². The van der Waals surface area contributed by atoms with Crippen LogP contribution < -0.4 is 0 Å². The number of halogens is 2. The summed E-state index contributed by atoms with van der Waals surface area (Å²) in [6.07, 6.45) is 3.49. The molecule has 0 atom stereocenters. The van der Waals surface area contributed by atoms with Crippen LogP contribution in [0.3, 0.4) is 0 Å². The molecule has 0 aliphatic rings. The Hall–Kier alpha value is -0.940. The molecule has 0 radical (unpaired) electrons. The third kappa shape index (κ3) is 1.97. The fourth-order valence-electron chi connectivity index (χ4n) is 1.40. The van der Waals surface area contributed by atoms with Crippen molar-refractivity contribution in [3.63, 3.8) is 0 Å². The smallest absolute Gasteiger partial charge is 0.179 e. The second-order valence-electron chi connectivity index (χ2n) is 3.30. The van der Waals surface area contributed by atoms with Gasteiger partial charge in [-0.25, -0.2) is 15.0 Å². The summed E-state index contributed by atoms with van der Waals surface area (Å²) in [5.41, 5.74) is 1.69. The van der Waals surface area contributed by atoms with Crippen LogP contribution in [0.15, 0.2) is 17.0 Å². The van der Waals surface area contributed by atoms with Gasteiger partial charge in [0, 0.05) is 6.54 Å². The zero-order valence-corrected chi connectivity index (χ0v) is 11.2. The van der Waals surface area contributed by atoms with Crippen molar-refractivity contribution in [2.75, 3.05) is 0 Å². The minimum absolute atomic E-state index is 0.423. The number of hydrogen-bond donors (Lipinski definition) is 0. The molecule has 0 aliphatic carbocycles. The molecule has 0 amide bonds. The SMILES string of the molecule is CCn1cncc1-c1nc(C)c(Br)c(Cl)n1. The van der Waals surface area contributed by atoms with Gasteiger partial charge in [0.25, 0.3) is 0 Å². The second kappa shape index (κ2) is 4.51.